The molecule has 1 saturated heterocycles. The molecule has 24 heavy (non-hydrogen) atoms. The second-order valence-electron chi connectivity index (χ2n) is 6.21. The Hall–Kier alpha value is -0.820. The van der Waals surface area contributed by atoms with Crippen LogP contribution in [0.1, 0.15) is 24.8 Å². The number of thioether (sulfide) groups is 1. The second-order valence-corrected chi connectivity index (χ2v) is 7.60. The number of benzene rings is 1. The van der Waals surface area contributed by atoms with Gasteiger partial charge in [0.1, 0.15) is 5.82 Å². The SMILES string of the molecule is CSCC[C@H](N)C(=O)NC1CCCN(Cc2ccc(F)cc2Cl)C1. The summed E-state index contributed by atoms with van der Waals surface area (Å²) in [5.74, 6) is 0.483. The number of carbonyl (C=O) groups is 1. The van der Waals surface area contributed by atoms with E-state index in [0.717, 1.165) is 37.2 Å². The first kappa shape index (κ1) is 19.5. The first-order chi connectivity index (χ1) is 11.5. The van der Waals surface area contributed by atoms with Crippen molar-refractivity contribution in [1.82, 2.24) is 10.2 Å². The highest BCUT2D eigenvalue weighted by Gasteiger charge is 2.24. The van der Waals surface area contributed by atoms with Crippen molar-refractivity contribution < 1.29 is 9.18 Å². The van der Waals surface area contributed by atoms with Crippen LogP contribution in [0.4, 0.5) is 4.39 Å². The molecular formula is C17H25ClFN3OS. The van der Waals surface area contributed by atoms with Crippen molar-refractivity contribution in [3.63, 3.8) is 0 Å². The lowest BCUT2D eigenvalue weighted by Crippen LogP contribution is -2.51. The Labute approximate surface area is 152 Å². The number of nitrogens with two attached hydrogens (primary N) is 1. The van der Waals surface area contributed by atoms with Gasteiger partial charge in [-0.2, -0.15) is 11.8 Å². The Balaban J connectivity index is 1.86. The Bertz CT molecular complexity index is 561. The number of nitrogens with one attached hydrogen (secondary N) is 1. The van der Waals surface area contributed by atoms with Crippen molar-refractivity contribution in [2.24, 2.45) is 5.73 Å². The van der Waals surface area contributed by atoms with Gasteiger partial charge in [-0.15, -0.1) is 0 Å². The predicted molar refractivity (Wildman–Crippen MR) is 98.8 cm³/mol. The minimum atomic E-state index is -0.445. The molecule has 1 fully saturated rings. The highest BCUT2D eigenvalue weighted by molar-refractivity contribution is 7.98. The van der Waals surface area contributed by atoms with Crippen molar-refractivity contribution in [3.8, 4) is 0 Å². The smallest absolute Gasteiger partial charge is 0.237 e. The van der Waals surface area contributed by atoms with Gasteiger partial charge in [0.2, 0.25) is 5.91 Å². The molecule has 134 valence electrons. The summed E-state index contributed by atoms with van der Waals surface area (Å²) >= 11 is 7.79. The molecular weight excluding hydrogens is 349 g/mol. The van der Waals surface area contributed by atoms with E-state index in [9.17, 15) is 9.18 Å². The molecule has 2 rings (SSSR count). The largest absolute Gasteiger partial charge is 0.351 e. The van der Waals surface area contributed by atoms with Crippen LogP contribution in [0.5, 0.6) is 0 Å². The monoisotopic (exact) mass is 373 g/mol. The molecule has 1 aromatic rings. The van der Waals surface area contributed by atoms with Crippen LogP contribution in [0.3, 0.4) is 0 Å². The molecule has 0 radical (unpaired) electrons. The van der Waals surface area contributed by atoms with Crippen LogP contribution in [-0.2, 0) is 11.3 Å². The molecule has 2 atom stereocenters. The molecule has 7 heteroatoms. The molecule has 4 nitrogen and oxygen atoms in total. The maximum absolute atomic E-state index is 13.1. The van der Waals surface area contributed by atoms with Crippen LogP contribution in [0.25, 0.3) is 0 Å². The van der Waals surface area contributed by atoms with Gasteiger partial charge in [0.05, 0.1) is 6.04 Å². The molecule has 1 heterocycles. The number of likely N-dealkylation sites (tertiary alicyclic amines) is 1. The van der Waals surface area contributed by atoms with E-state index in [-0.39, 0.29) is 17.8 Å². The van der Waals surface area contributed by atoms with Crippen molar-refractivity contribution in [2.45, 2.75) is 37.9 Å². The third-order valence-corrected chi connectivity index (χ3v) is 5.23. The van der Waals surface area contributed by atoms with E-state index in [2.05, 4.69) is 10.2 Å². The Kier molecular flexibility index (Phi) is 7.81. The third-order valence-electron chi connectivity index (χ3n) is 4.23. The number of amides is 1. The number of rotatable bonds is 7. The molecule has 1 aromatic carbocycles. The van der Waals surface area contributed by atoms with Gasteiger partial charge in [0.15, 0.2) is 0 Å². The molecule has 0 spiro atoms. The number of hydrogen-bond donors (Lipinski definition) is 2. The molecule has 1 aliphatic rings. The first-order valence-corrected chi connectivity index (χ1v) is 9.98. The maximum atomic E-state index is 13.1. The van der Waals surface area contributed by atoms with Crippen molar-refractivity contribution in [1.29, 1.82) is 0 Å². The van der Waals surface area contributed by atoms with Crippen LogP contribution in [0.2, 0.25) is 5.02 Å². The van der Waals surface area contributed by atoms with E-state index < -0.39 is 6.04 Å². The zero-order valence-electron chi connectivity index (χ0n) is 13.9. The average Bonchev–Trinajstić information content (AvgIpc) is 2.55. The van der Waals surface area contributed by atoms with E-state index in [1.165, 1.54) is 12.1 Å². The van der Waals surface area contributed by atoms with Crippen molar-refractivity contribution in [3.05, 3.63) is 34.6 Å². The number of piperidine rings is 1. The standard InChI is InChI=1S/C17H25ClFN3OS/c1-24-8-6-16(20)17(23)21-14-3-2-7-22(11-14)10-12-4-5-13(19)9-15(12)18/h4-5,9,14,16H,2-3,6-8,10-11,20H2,1H3,(H,21,23)/t14?,16-/m0/s1. The van der Waals surface area contributed by atoms with Gasteiger partial charge in [-0.1, -0.05) is 17.7 Å². The minimum absolute atomic E-state index is 0.0734. The Morgan fingerprint density at radius 2 is 2.38 bits per heavy atom. The zero-order valence-corrected chi connectivity index (χ0v) is 15.5. The number of halogens is 2. The summed E-state index contributed by atoms with van der Waals surface area (Å²) in [5, 5.41) is 3.50. The van der Waals surface area contributed by atoms with Crippen LogP contribution in [-0.4, -0.2) is 48.0 Å². The molecule has 0 saturated carbocycles. The lowest BCUT2D eigenvalue weighted by Gasteiger charge is -2.33. The summed E-state index contributed by atoms with van der Waals surface area (Å²) in [6.07, 6.45) is 4.65. The van der Waals surface area contributed by atoms with Crippen LogP contribution < -0.4 is 11.1 Å². The highest BCUT2D eigenvalue weighted by Crippen LogP contribution is 2.21. The summed E-state index contributed by atoms with van der Waals surface area (Å²) in [5.41, 5.74) is 6.83. The number of nitrogens with zero attached hydrogens (tertiary/aromatic N) is 1. The summed E-state index contributed by atoms with van der Waals surface area (Å²) in [7, 11) is 0. The van der Waals surface area contributed by atoms with Crippen molar-refractivity contribution in [2.75, 3.05) is 25.1 Å². The summed E-state index contributed by atoms with van der Waals surface area (Å²) < 4.78 is 13.1. The third kappa shape index (κ3) is 5.92. The van der Waals surface area contributed by atoms with Crippen LogP contribution in [0, 0.1) is 5.82 Å². The van der Waals surface area contributed by atoms with E-state index >= 15 is 0 Å². The van der Waals surface area contributed by atoms with Gasteiger partial charge in [-0.05, 0) is 55.5 Å². The topological polar surface area (TPSA) is 58.4 Å². The minimum Gasteiger partial charge on any atom is -0.351 e. The van der Waals surface area contributed by atoms with Gasteiger partial charge in [0, 0.05) is 24.2 Å². The predicted octanol–water partition coefficient (Wildman–Crippen LogP) is 2.64. The zero-order chi connectivity index (χ0) is 17.5. The normalized spacial score (nSPS) is 19.9. The molecule has 3 N–H and O–H groups in total. The van der Waals surface area contributed by atoms with E-state index in [1.807, 2.05) is 6.26 Å². The molecule has 1 unspecified atom stereocenters. The molecule has 1 amide bonds. The van der Waals surface area contributed by atoms with Crippen molar-refractivity contribution >= 4 is 29.3 Å². The fourth-order valence-electron chi connectivity index (χ4n) is 2.89. The lowest BCUT2D eigenvalue weighted by molar-refractivity contribution is -0.123. The van der Waals surface area contributed by atoms with Gasteiger partial charge >= 0.3 is 0 Å². The van der Waals surface area contributed by atoms with Crippen LogP contribution >= 0.6 is 23.4 Å². The van der Waals surface area contributed by atoms with E-state index in [0.29, 0.717) is 18.0 Å². The van der Waals surface area contributed by atoms with E-state index in [4.69, 9.17) is 17.3 Å². The summed E-state index contributed by atoms with van der Waals surface area (Å²) in [6.45, 7) is 2.36. The highest BCUT2D eigenvalue weighted by atomic mass is 35.5. The first-order valence-electron chi connectivity index (χ1n) is 8.20. The summed E-state index contributed by atoms with van der Waals surface area (Å²) in [6, 6.07) is 4.14. The Morgan fingerprint density at radius 1 is 1.58 bits per heavy atom. The maximum Gasteiger partial charge on any atom is 0.237 e. The van der Waals surface area contributed by atoms with Gasteiger partial charge in [0.25, 0.3) is 0 Å². The molecule has 0 aliphatic carbocycles. The number of hydrogen-bond acceptors (Lipinski definition) is 4. The van der Waals surface area contributed by atoms with Gasteiger partial charge in [-0.25, -0.2) is 4.39 Å². The Morgan fingerprint density at radius 3 is 3.08 bits per heavy atom. The van der Waals surface area contributed by atoms with E-state index in [1.54, 1.807) is 17.8 Å². The molecule has 0 aromatic heterocycles. The molecule has 1 aliphatic heterocycles. The molecule has 0 bridgehead atoms. The van der Waals surface area contributed by atoms with Crippen LogP contribution in [0.15, 0.2) is 18.2 Å². The van der Waals surface area contributed by atoms with Gasteiger partial charge < -0.3 is 11.1 Å². The quantitative estimate of drug-likeness (QED) is 0.771. The fourth-order valence-corrected chi connectivity index (χ4v) is 3.61. The number of carbonyl (C=O) groups excluding carboxylic acids is 1. The second kappa shape index (κ2) is 9.61. The van der Waals surface area contributed by atoms with Gasteiger partial charge in [-0.3, -0.25) is 9.69 Å². The fraction of sp³-hybridized carbons (Fsp3) is 0.588. The summed E-state index contributed by atoms with van der Waals surface area (Å²) in [4.78, 5) is 14.4. The average molecular weight is 374 g/mol. The lowest BCUT2D eigenvalue weighted by atomic mass is 10.0.